The van der Waals surface area contributed by atoms with Gasteiger partial charge in [-0.3, -0.25) is 19.3 Å². The van der Waals surface area contributed by atoms with Gasteiger partial charge in [-0.1, -0.05) is 39.7 Å². The Morgan fingerprint density at radius 2 is 1.83 bits per heavy atom. The number of halogens is 2. The molecule has 4 heterocycles. The second-order valence-corrected chi connectivity index (χ2v) is 9.60. The van der Waals surface area contributed by atoms with E-state index in [0.717, 1.165) is 17.3 Å². The van der Waals surface area contributed by atoms with Crippen molar-refractivity contribution in [3.05, 3.63) is 57.5 Å². The third-order valence-electron chi connectivity index (χ3n) is 7.06. The summed E-state index contributed by atoms with van der Waals surface area (Å²) in [4.78, 5) is 44.2. The molecule has 0 radical (unpaired) electrons. The Labute approximate surface area is 186 Å². The van der Waals surface area contributed by atoms with Crippen molar-refractivity contribution in [1.82, 2.24) is 4.90 Å². The average Bonchev–Trinajstić information content (AvgIpc) is 3.42. The zero-order valence-corrected chi connectivity index (χ0v) is 18.1. The van der Waals surface area contributed by atoms with Crippen LogP contribution in [0.1, 0.15) is 18.4 Å². The molecule has 0 bridgehead atoms. The van der Waals surface area contributed by atoms with E-state index in [2.05, 4.69) is 26.1 Å². The number of nitrogens with one attached hydrogen (secondary N) is 1. The van der Waals surface area contributed by atoms with Crippen LogP contribution in [-0.2, 0) is 19.9 Å². The van der Waals surface area contributed by atoms with E-state index in [1.807, 2.05) is 6.07 Å². The minimum Gasteiger partial charge on any atom is -0.323 e. The van der Waals surface area contributed by atoms with Gasteiger partial charge in [-0.25, -0.2) is 4.90 Å². The van der Waals surface area contributed by atoms with Gasteiger partial charge in [-0.15, -0.1) is 0 Å². The molecule has 3 saturated heterocycles. The van der Waals surface area contributed by atoms with Gasteiger partial charge >= 0.3 is 0 Å². The molecular formula is C22H17BrClN3O3. The van der Waals surface area contributed by atoms with E-state index >= 15 is 0 Å². The number of amides is 3. The first-order valence-corrected chi connectivity index (χ1v) is 11.1. The highest BCUT2D eigenvalue weighted by Crippen LogP contribution is 2.61. The van der Waals surface area contributed by atoms with Crippen molar-refractivity contribution in [1.29, 1.82) is 0 Å². The lowest BCUT2D eigenvalue weighted by molar-refractivity contribution is -0.135. The predicted molar refractivity (Wildman–Crippen MR) is 115 cm³/mol. The normalized spacial score (nSPS) is 32.0. The molecule has 4 aliphatic rings. The van der Waals surface area contributed by atoms with Gasteiger partial charge in [0.25, 0.3) is 5.91 Å². The minimum atomic E-state index is -1.19. The number of anilines is 2. The first kappa shape index (κ1) is 18.5. The fourth-order valence-corrected chi connectivity index (χ4v) is 6.53. The SMILES string of the molecule is O=C1[C@@H]2[C@@H]3CCCN3[C@@]3(C(=O)Nc4c(Cl)cccc43)[C@H]2C(=O)N1c1ccc(Br)cc1. The number of benzene rings is 2. The van der Waals surface area contributed by atoms with Gasteiger partial charge in [0.1, 0.15) is 5.54 Å². The number of hydrogen-bond acceptors (Lipinski definition) is 4. The molecule has 3 amide bonds. The number of carbonyl (C=O) groups is 3. The largest absolute Gasteiger partial charge is 0.323 e. The molecule has 2 aromatic rings. The maximum Gasteiger partial charge on any atom is 0.250 e. The van der Waals surface area contributed by atoms with Gasteiger partial charge in [0.05, 0.1) is 28.2 Å². The molecule has 4 atom stereocenters. The summed E-state index contributed by atoms with van der Waals surface area (Å²) in [5.74, 6) is -2.10. The lowest BCUT2D eigenvalue weighted by Gasteiger charge is -2.36. The first-order valence-electron chi connectivity index (χ1n) is 9.97. The van der Waals surface area contributed by atoms with Crippen molar-refractivity contribution in [2.45, 2.75) is 24.4 Å². The fraction of sp³-hybridized carbons (Fsp3) is 0.318. The fourth-order valence-electron chi connectivity index (χ4n) is 6.04. The summed E-state index contributed by atoms with van der Waals surface area (Å²) < 4.78 is 0.864. The number of rotatable bonds is 1. The highest BCUT2D eigenvalue weighted by atomic mass is 79.9. The molecule has 152 valence electrons. The maximum atomic E-state index is 13.8. The Bertz CT molecular complexity index is 1140. The number of carbonyl (C=O) groups excluding carboxylic acids is 3. The Hall–Kier alpha value is -2.22. The summed E-state index contributed by atoms with van der Waals surface area (Å²) in [6, 6.07) is 12.4. The Morgan fingerprint density at radius 3 is 2.60 bits per heavy atom. The maximum absolute atomic E-state index is 13.8. The molecule has 30 heavy (non-hydrogen) atoms. The van der Waals surface area contributed by atoms with Crippen molar-refractivity contribution in [2.24, 2.45) is 11.8 Å². The van der Waals surface area contributed by atoms with E-state index < -0.39 is 17.4 Å². The van der Waals surface area contributed by atoms with Gasteiger partial charge < -0.3 is 5.32 Å². The van der Waals surface area contributed by atoms with Crippen LogP contribution in [0.15, 0.2) is 46.9 Å². The third kappa shape index (κ3) is 2.05. The molecule has 1 spiro atoms. The van der Waals surface area contributed by atoms with Crippen LogP contribution >= 0.6 is 27.5 Å². The molecule has 0 unspecified atom stereocenters. The average molecular weight is 487 g/mol. The summed E-state index contributed by atoms with van der Waals surface area (Å²) >= 11 is 9.78. The molecule has 8 heteroatoms. The van der Waals surface area contributed by atoms with Crippen LogP contribution in [0.5, 0.6) is 0 Å². The topological polar surface area (TPSA) is 69.7 Å². The molecule has 3 fully saturated rings. The van der Waals surface area contributed by atoms with Gasteiger partial charge in [0.2, 0.25) is 11.8 Å². The summed E-state index contributed by atoms with van der Waals surface area (Å²) in [6.07, 6.45) is 1.68. The van der Waals surface area contributed by atoms with Crippen molar-refractivity contribution in [3.8, 4) is 0 Å². The molecule has 0 saturated carbocycles. The Balaban J connectivity index is 1.56. The minimum absolute atomic E-state index is 0.137. The van der Waals surface area contributed by atoms with Crippen LogP contribution in [0.25, 0.3) is 0 Å². The summed E-state index contributed by atoms with van der Waals surface area (Å²) in [7, 11) is 0. The number of imide groups is 1. The molecule has 2 aromatic carbocycles. The lowest BCUT2D eigenvalue weighted by Crippen LogP contribution is -2.54. The zero-order chi connectivity index (χ0) is 20.8. The van der Waals surface area contributed by atoms with E-state index in [0.29, 0.717) is 28.5 Å². The molecule has 6 nitrogen and oxygen atoms in total. The highest BCUT2D eigenvalue weighted by molar-refractivity contribution is 9.10. The smallest absolute Gasteiger partial charge is 0.250 e. The summed E-state index contributed by atoms with van der Waals surface area (Å²) in [5.41, 5.74) is 0.603. The number of para-hydroxylation sites is 1. The number of nitrogens with zero attached hydrogens (tertiary/aromatic N) is 2. The first-order chi connectivity index (χ1) is 14.5. The number of hydrogen-bond donors (Lipinski definition) is 1. The van der Waals surface area contributed by atoms with Crippen molar-refractivity contribution < 1.29 is 14.4 Å². The molecule has 6 rings (SSSR count). The van der Waals surface area contributed by atoms with E-state index in [1.54, 1.807) is 36.4 Å². The van der Waals surface area contributed by atoms with E-state index in [1.165, 1.54) is 4.90 Å². The van der Waals surface area contributed by atoms with Crippen LogP contribution < -0.4 is 10.2 Å². The van der Waals surface area contributed by atoms with Crippen LogP contribution in [0.4, 0.5) is 11.4 Å². The monoisotopic (exact) mass is 485 g/mol. The van der Waals surface area contributed by atoms with Crippen LogP contribution in [0.2, 0.25) is 5.02 Å². The van der Waals surface area contributed by atoms with Gasteiger partial charge in [0.15, 0.2) is 0 Å². The third-order valence-corrected chi connectivity index (χ3v) is 7.91. The van der Waals surface area contributed by atoms with Crippen LogP contribution in [0.3, 0.4) is 0 Å². The molecular weight excluding hydrogens is 470 g/mol. The predicted octanol–water partition coefficient (Wildman–Crippen LogP) is 3.53. The summed E-state index contributed by atoms with van der Waals surface area (Å²) in [6.45, 7) is 0.676. The lowest BCUT2D eigenvalue weighted by atomic mass is 9.75. The second-order valence-electron chi connectivity index (χ2n) is 8.28. The molecule has 0 aliphatic carbocycles. The van der Waals surface area contributed by atoms with Gasteiger partial charge in [-0.05, 0) is 49.7 Å². The molecule has 1 N–H and O–H groups in total. The Kier molecular flexibility index (Phi) is 3.80. The van der Waals surface area contributed by atoms with Crippen LogP contribution in [0, 0.1) is 11.8 Å². The quantitative estimate of drug-likeness (QED) is 0.626. The molecule has 4 aliphatic heterocycles. The van der Waals surface area contributed by atoms with Crippen molar-refractivity contribution in [2.75, 3.05) is 16.8 Å². The van der Waals surface area contributed by atoms with Crippen LogP contribution in [-0.4, -0.2) is 35.2 Å². The van der Waals surface area contributed by atoms with Gasteiger partial charge in [0, 0.05) is 16.1 Å². The van der Waals surface area contributed by atoms with E-state index in [-0.39, 0.29) is 23.8 Å². The van der Waals surface area contributed by atoms with Crippen molar-refractivity contribution >= 4 is 56.6 Å². The highest BCUT2D eigenvalue weighted by Gasteiger charge is 2.74. The van der Waals surface area contributed by atoms with Crippen molar-refractivity contribution in [3.63, 3.8) is 0 Å². The Morgan fingerprint density at radius 1 is 1.07 bits per heavy atom. The van der Waals surface area contributed by atoms with E-state index in [4.69, 9.17) is 11.6 Å². The zero-order valence-electron chi connectivity index (χ0n) is 15.8. The van der Waals surface area contributed by atoms with E-state index in [9.17, 15) is 14.4 Å². The number of fused-ring (bicyclic) bond motifs is 7. The second kappa shape index (κ2) is 6.15. The standard InChI is InChI=1S/C22H17BrClN3O3/c23-11-6-8-12(9-7-11)27-19(28)16-15-5-2-10-26(15)22(17(16)20(27)29)13-3-1-4-14(24)18(13)25-21(22)30/h1,3-4,6-9,15-17H,2,5,10H2,(H,25,30)/t15-,16+,17+,22+/m0/s1. The summed E-state index contributed by atoms with van der Waals surface area (Å²) in [5, 5.41) is 3.36. The van der Waals surface area contributed by atoms with Gasteiger partial charge in [-0.2, -0.15) is 0 Å². The molecule has 0 aromatic heterocycles.